The van der Waals surface area contributed by atoms with Crippen molar-refractivity contribution in [1.82, 2.24) is 5.32 Å². The summed E-state index contributed by atoms with van der Waals surface area (Å²) in [5.74, 6) is -2.49. The lowest BCUT2D eigenvalue weighted by molar-refractivity contribution is -0.167. The smallest absolute Gasteiger partial charge is 0.355 e. The Morgan fingerprint density at radius 3 is 1.89 bits per heavy atom. The number of amides is 2. The molecule has 2 aromatic carbocycles. The first-order valence-corrected chi connectivity index (χ1v) is 8.84. The molecule has 27 heavy (non-hydrogen) atoms. The molecular weight excluding hydrogens is 387 g/mol. The third kappa shape index (κ3) is 5.20. The Kier molecular flexibility index (Phi) is 5.74. The Morgan fingerprint density at radius 2 is 1.41 bits per heavy atom. The first-order valence-electron chi connectivity index (χ1n) is 7.36. The normalized spacial score (nSPS) is 11.6. The summed E-state index contributed by atoms with van der Waals surface area (Å²) >= 11 is 0. The van der Waals surface area contributed by atoms with Crippen LogP contribution >= 0.6 is 0 Å². The summed E-state index contributed by atoms with van der Waals surface area (Å²) in [7, 11) is -2.55. The number of halogens is 3. The molecule has 11 heteroatoms. The number of hydrogen-bond acceptors (Lipinski definition) is 4. The zero-order valence-corrected chi connectivity index (χ0v) is 14.6. The molecule has 0 aliphatic rings. The number of anilines is 2. The van der Waals surface area contributed by atoms with Gasteiger partial charge in [-0.05, 0) is 48.5 Å². The Hall–Kier alpha value is -3.08. The Balaban J connectivity index is 2.12. The topological polar surface area (TPSA) is 104 Å². The molecule has 0 aliphatic carbocycles. The predicted molar refractivity (Wildman–Crippen MR) is 91.8 cm³/mol. The summed E-state index contributed by atoms with van der Waals surface area (Å²) in [5, 5.41) is 4.04. The minimum absolute atomic E-state index is 0.192. The number of hydrogen-bond donors (Lipinski definition) is 3. The second-order valence-corrected chi connectivity index (χ2v) is 6.92. The van der Waals surface area contributed by atoms with Gasteiger partial charge in [0.1, 0.15) is 0 Å². The molecule has 0 saturated heterocycles. The highest BCUT2D eigenvalue weighted by molar-refractivity contribution is 7.92. The molecule has 2 rings (SSSR count). The zero-order valence-electron chi connectivity index (χ0n) is 13.8. The van der Waals surface area contributed by atoms with E-state index in [0.717, 1.165) is 24.3 Å². The summed E-state index contributed by atoms with van der Waals surface area (Å²) in [6.45, 7) is 0. The fourth-order valence-electron chi connectivity index (χ4n) is 1.97. The molecule has 0 bridgehead atoms. The van der Waals surface area contributed by atoms with Crippen molar-refractivity contribution in [2.75, 3.05) is 17.1 Å². The average molecular weight is 401 g/mol. The fraction of sp³-hybridized carbons (Fsp3) is 0.125. The van der Waals surface area contributed by atoms with E-state index < -0.39 is 22.1 Å². The standard InChI is InChI=1S/C16H14F3N3O4S/c1-20-14(23)10-2-4-12(5-3-10)22-27(25,26)13-8-6-11(7-9-13)21-15(24)16(17,18)19/h2-9,22H,1H3,(H,20,23)(H,21,24). The van der Waals surface area contributed by atoms with Crippen LogP contribution in [0.15, 0.2) is 53.4 Å². The van der Waals surface area contributed by atoms with Gasteiger partial charge in [0, 0.05) is 24.0 Å². The van der Waals surface area contributed by atoms with Crippen molar-refractivity contribution in [2.24, 2.45) is 0 Å². The van der Waals surface area contributed by atoms with Gasteiger partial charge in [-0.15, -0.1) is 0 Å². The van der Waals surface area contributed by atoms with Gasteiger partial charge in [0.2, 0.25) is 0 Å². The van der Waals surface area contributed by atoms with Crippen molar-refractivity contribution in [1.29, 1.82) is 0 Å². The molecule has 3 N–H and O–H groups in total. The van der Waals surface area contributed by atoms with Crippen LogP contribution in [-0.2, 0) is 14.8 Å². The molecule has 0 fully saturated rings. The summed E-state index contributed by atoms with van der Waals surface area (Å²) in [6, 6.07) is 9.79. The number of carbonyl (C=O) groups excluding carboxylic acids is 2. The van der Waals surface area contributed by atoms with E-state index in [0.29, 0.717) is 5.56 Å². The molecule has 0 heterocycles. The van der Waals surface area contributed by atoms with Crippen molar-refractivity contribution in [3.05, 3.63) is 54.1 Å². The van der Waals surface area contributed by atoms with Gasteiger partial charge in [-0.1, -0.05) is 0 Å². The van der Waals surface area contributed by atoms with E-state index in [1.54, 1.807) is 5.32 Å². The minimum atomic E-state index is -5.05. The lowest BCUT2D eigenvalue weighted by Gasteiger charge is -2.10. The SMILES string of the molecule is CNC(=O)c1ccc(NS(=O)(=O)c2ccc(NC(=O)C(F)(F)F)cc2)cc1. The van der Waals surface area contributed by atoms with Crippen LogP contribution in [0.1, 0.15) is 10.4 Å². The minimum Gasteiger partial charge on any atom is -0.355 e. The molecule has 7 nitrogen and oxygen atoms in total. The van der Waals surface area contributed by atoms with Crippen LogP contribution in [-0.4, -0.2) is 33.5 Å². The molecule has 2 amide bonds. The van der Waals surface area contributed by atoms with E-state index in [1.165, 1.54) is 31.3 Å². The van der Waals surface area contributed by atoms with Gasteiger partial charge in [-0.25, -0.2) is 8.42 Å². The molecule has 0 aromatic heterocycles. The number of carbonyl (C=O) groups is 2. The maximum absolute atomic E-state index is 12.3. The molecule has 0 unspecified atom stereocenters. The largest absolute Gasteiger partial charge is 0.471 e. The van der Waals surface area contributed by atoms with E-state index in [1.807, 2.05) is 0 Å². The molecule has 144 valence electrons. The van der Waals surface area contributed by atoms with Crippen LogP contribution in [0.4, 0.5) is 24.5 Å². The Labute approximate surface area is 152 Å². The molecule has 0 saturated carbocycles. The monoisotopic (exact) mass is 401 g/mol. The Morgan fingerprint density at radius 1 is 0.889 bits per heavy atom. The van der Waals surface area contributed by atoms with E-state index in [9.17, 15) is 31.2 Å². The van der Waals surface area contributed by atoms with Crippen molar-refractivity contribution >= 4 is 33.2 Å². The van der Waals surface area contributed by atoms with Gasteiger partial charge in [-0.2, -0.15) is 13.2 Å². The average Bonchev–Trinajstić information content (AvgIpc) is 2.61. The summed E-state index contributed by atoms with van der Waals surface area (Å²) < 4.78 is 63.5. The maximum Gasteiger partial charge on any atom is 0.471 e. The van der Waals surface area contributed by atoms with Crippen LogP contribution in [0.5, 0.6) is 0 Å². The first kappa shape index (κ1) is 20.2. The Bertz CT molecular complexity index is 940. The van der Waals surface area contributed by atoms with Gasteiger partial charge < -0.3 is 10.6 Å². The van der Waals surface area contributed by atoms with E-state index in [4.69, 9.17) is 0 Å². The maximum atomic E-state index is 12.3. The molecule has 0 atom stereocenters. The van der Waals surface area contributed by atoms with Gasteiger partial charge in [0.15, 0.2) is 0 Å². The zero-order chi connectivity index (χ0) is 20.2. The number of alkyl halides is 3. The van der Waals surface area contributed by atoms with Gasteiger partial charge in [-0.3, -0.25) is 14.3 Å². The molecular formula is C16H14F3N3O4S. The van der Waals surface area contributed by atoms with E-state index in [-0.39, 0.29) is 22.2 Å². The third-order valence-corrected chi connectivity index (χ3v) is 4.70. The van der Waals surface area contributed by atoms with Crippen LogP contribution in [0, 0.1) is 0 Å². The first-order chi connectivity index (χ1) is 12.5. The highest BCUT2D eigenvalue weighted by Crippen LogP contribution is 2.21. The highest BCUT2D eigenvalue weighted by atomic mass is 32.2. The summed E-state index contributed by atoms with van der Waals surface area (Å²) in [5.41, 5.74) is 0.327. The van der Waals surface area contributed by atoms with E-state index in [2.05, 4.69) is 10.0 Å². The quantitative estimate of drug-likeness (QED) is 0.715. The molecule has 2 aromatic rings. The fourth-order valence-corrected chi connectivity index (χ4v) is 3.03. The number of benzene rings is 2. The van der Waals surface area contributed by atoms with E-state index >= 15 is 0 Å². The molecule has 0 spiro atoms. The predicted octanol–water partition coefficient (Wildman–Crippen LogP) is 2.35. The summed E-state index contributed by atoms with van der Waals surface area (Å²) in [6.07, 6.45) is -5.05. The lowest BCUT2D eigenvalue weighted by Crippen LogP contribution is -2.29. The summed E-state index contributed by atoms with van der Waals surface area (Å²) in [4.78, 5) is 22.1. The number of rotatable bonds is 5. The molecule has 0 radical (unpaired) electrons. The third-order valence-electron chi connectivity index (χ3n) is 3.31. The number of sulfonamides is 1. The van der Waals surface area contributed by atoms with Gasteiger partial charge in [0.25, 0.3) is 15.9 Å². The van der Waals surface area contributed by atoms with Gasteiger partial charge in [0.05, 0.1) is 4.90 Å². The van der Waals surface area contributed by atoms with Crippen molar-refractivity contribution in [2.45, 2.75) is 11.1 Å². The second-order valence-electron chi connectivity index (χ2n) is 5.24. The van der Waals surface area contributed by atoms with Crippen LogP contribution in [0.25, 0.3) is 0 Å². The second kappa shape index (κ2) is 7.66. The highest BCUT2D eigenvalue weighted by Gasteiger charge is 2.38. The van der Waals surface area contributed by atoms with Crippen molar-refractivity contribution in [3.63, 3.8) is 0 Å². The van der Waals surface area contributed by atoms with Crippen LogP contribution < -0.4 is 15.4 Å². The number of nitrogens with one attached hydrogen (secondary N) is 3. The van der Waals surface area contributed by atoms with Gasteiger partial charge >= 0.3 is 12.1 Å². The van der Waals surface area contributed by atoms with Crippen molar-refractivity contribution in [3.8, 4) is 0 Å². The van der Waals surface area contributed by atoms with Crippen LogP contribution in [0.3, 0.4) is 0 Å². The lowest BCUT2D eigenvalue weighted by atomic mass is 10.2. The van der Waals surface area contributed by atoms with Crippen molar-refractivity contribution < 1.29 is 31.2 Å². The molecule has 0 aliphatic heterocycles. The van der Waals surface area contributed by atoms with Crippen LogP contribution in [0.2, 0.25) is 0 Å².